The van der Waals surface area contributed by atoms with E-state index in [4.69, 9.17) is 4.98 Å². The average Bonchev–Trinajstić information content (AvgIpc) is 3.89. The first-order valence-electron chi connectivity index (χ1n) is 21.3. The minimum absolute atomic E-state index is 0.323. The first kappa shape index (κ1) is 37.0. The Hall–Kier alpha value is -8.02. The number of aromatic nitrogens is 4. The lowest BCUT2D eigenvalue weighted by molar-refractivity contribution is 0.612. The summed E-state index contributed by atoms with van der Waals surface area (Å²) in [7, 11) is 0. The maximum absolute atomic E-state index is 5.13. The Kier molecular flexibility index (Phi) is 9.28. The number of hydrogen-bond acceptors (Lipinski definition) is 2. The van der Waals surface area contributed by atoms with Crippen molar-refractivity contribution in [2.75, 3.05) is 4.90 Å². The quantitative estimate of drug-likeness (QED) is 0.136. The van der Waals surface area contributed by atoms with Gasteiger partial charge >= 0.3 is 0 Å². The number of para-hydroxylation sites is 4. The second-order valence-electron chi connectivity index (χ2n) is 16.1. The topological polar surface area (TPSA) is 30.9 Å². The Morgan fingerprint density at radius 1 is 0.452 bits per heavy atom. The lowest BCUT2D eigenvalue weighted by atomic mass is 9.88. The van der Waals surface area contributed by atoms with E-state index in [1.165, 1.54) is 49.6 Å². The molecule has 296 valence electrons. The fourth-order valence-corrected chi connectivity index (χ4v) is 9.18. The summed E-state index contributed by atoms with van der Waals surface area (Å²) in [6.07, 6.45) is 4.19. The van der Waals surface area contributed by atoms with E-state index in [9.17, 15) is 0 Å². The molecule has 0 aliphatic carbocycles. The van der Waals surface area contributed by atoms with E-state index in [2.05, 4.69) is 251 Å². The van der Waals surface area contributed by atoms with Crippen molar-refractivity contribution in [1.29, 1.82) is 0 Å². The number of hydrogen-bond donors (Lipinski definition) is 0. The molecule has 3 aromatic heterocycles. The van der Waals surface area contributed by atoms with Crippen LogP contribution in [-0.4, -0.2) is 18.7 Å². The van der Waals surface area contributed by atoms with E-state index in [-0.39, 0.29) is 0 Å². The van der Waals surface area contributed by atoms with Crippen molar-refractivity contribution < 1.29 is 0 Å². The Bertz CT molecular complexity index is 3320. The van der Waals surface area contributed by atoms with Gasteiger partial charge in [-0.1, -0.05) is 121 Å². The maximum atomic E-state index is 5.13. The molecule has 5 nitrogen and oxygen atoms in total. The van der Waals surface area contributed by atoms with Gasteiger partial charge in [-0.2, -0.15) is 4.57 Å². The molecule has 11 rings (SSSR count). The number of pyridine rings is 1. The lowest BCUT2D eigenvalue weighted by Gasteiger charge is -2.25. The summed E-state index contributed by atoms with van der Waals surface area (Å²) >= 11 is 0. The summed E-state index contributed by atoms with van der Waals surface area (Å²) in [4.78, 5) is 7.49. The number of anilines is 3. The largest absolute Gasteiger partial charge is 0.309 e. The van der Waals surface area contributed by atoms with Gasteiger partial charge in [-0.3, -0.25) is 4.57 Å². The second kappa shape index (κ2) is 15.5. The van der Waals surface area contributed by atoms with Gasteiger partial charge in [-0.15, -0.1) is 0 Å². The van der Waals surface area contributed by atoms with E-state index < -0.39 is 0 Å². The van der Waals surface area contributed by atoms with Crippen LogP contribution in [0.4, 0.5) is 17.1 Å². The van der Waals surface area contributed by atoms with Crippen LogP contribution in [0.3, 0.4) is 0 Å². The van der Waals surface area contributed by atoms with Crippen molar-refractivity contribution in [3.8, 4) is 44.9 Å². The average molecular weight is 799 g/mol. The monoisotopic (exact) mass is 798 g/mol. The summed E-state index contributed by atoms with van der Waals surface area (Å²) in [5.74, 6) is 0.860. The number of rotatable bonds is 9. The molecule has 5 heteroatoms. The van der Waals surface area contributed by atoms with Crippen molar-refractivity contribution >= 4 is 49.9 Å². The summed E-state index contributed by atoms with van der Waals surface area (Å²) in [5.41, 5.74) is 15.9. The van der Waals surface area contributed by atoms with Gasteiger partial charge in [-0.25, -0.2) is 9.55 Å². The van der Waals surface area contributed by atoms with Gasteiger partial charge in [0.05, 0.1) is 22.8 Å². The van der Waals surface area contributed by atoms with Gasteiger partial charge in [0, 0.05) is 52.6 Å². The minimum atomic E-state index is 0.323. The molecule has 0 unspecified atom stereocenters. The fraction of sp³-hybridized carbons (Fsp3) is 0.0526. The highest BCUT2D eigenvalue weighted by Gasteiger charge is 2.23. The molecule has 0 fully saturated rings. The van der Waals surface area contributed by atoms with E-state index in [0.29, 0.717) is 6.04 Å². The highest BCUT2D eigenvalue weighted by molar-refractivity contribution is 6.10. The zero-order chi connectivity index (χ0) is 41.6. The molecule has 0 N–H and O–H groups in total. The molecule has 0 bridgehead atoms. The van der Waals surface area contributed by atoms with Gasteiger partial charge in [-0.05, 0) is 114 Å². The lowest BCUT2D eigenvalue weighted by Crippen LogP contribution is -2.10. The highest BCUT2D eigenvalue weighted by atomic mass is 15.2. The minimum Gasteiger partial charge on any atom is -0.309 e. The van der Waals surface area contributed by atoms with Crippen LogP contribution in [0.5, 0.6) is 0 Å². The molecule has 62 heavy (non-hydrogen) atoms. The molecule has 3 heterocycles. The Balaban J connectivity index is 1.10. The van der Waals surface area contributed by atoms with Crippen LogP contribution in [0.2, 0.25) is 0 Å². The molecule has 11 aromatic rings. The number of nitrogens with zero attached hydrogens (tertiary/aromatic N) is 5. The third-order valence-corrected chi connectivity index (χ3v) is 12.0. The molecule has 0 radical (unpaired) electrons. The number of benzene rings is 8. The van der Waals surface area contributed by atoms with Gasteiger partial charge in [0.1, 0.15) is 11.5 Å². The SMILES string of the molecule is CC(C)n1[cH+]n(-c2cccc(N(c3ccccc3)c3ccc4c5ccccc5n(-c5cc(-c6c(-c7ccccc7)cccc6-c6ccccc6)ccn5)c4c3)c2)c2ccccc21. The molecule has 0 saturated carbocycles. The van der Waals surface area contributed by atoms with Crippen LogP contribution in [0.1, 0.15) is 19.9 Å². The van der Waals surface area contributed by atoms with Gasteiger partial charge in [0.2, 0.25) is 0 Å². The molecule has 0 atom stereocenters. The van der Waals surface area contributed by atoms with E-state index in [1.54, 1.807) is 0 Å². The molecular formula is C57H44N5+. The van der Waals surface area contributed by atoms with Crippen LogP contribution in [-0.2, 0) is 0 Å². The molecular weight excluding hydrogens is 755 g/mol. The zero-order valence-electron chi connectivity index (χ0n) is 34.7. The van der Waals surface area contributed by atoms with E-state index >= 15 is 0 Å². The molecule has 0 saturated heterocycles. The number of fused-ring (bicyclic) bond motifs is 4. The summed E-state index contributed by atoms with van der Waals surface area (Å²) in [6.45, 7) is 4.47. The Labute approximate surface area is 361 Å². The van der Waals surface area contributed by atoms with Gasteiger partial charge < -0.3 is 4.90 Å². The van der Waals surface area contributed by atoms with Gasteiger partial charge in [0.25, 0.3) is 0 Å². The summed E-state index contributed by atoms with van der Waals surface area (Å²) < 4.78 is 6.98. The third kappa shape index (κ3) is 6.43. The zero-order valence-corrected chi connectivity index (χ0v) is 34.7. The van der Waals surface area contributed by atoms with Crippen molar-refractivity contribution in [1.82, 2.24) is 18.7 Å². The Morgan fingerprint density at radius 3 is 1.74 bits per heavy atom. The smallest absolute Gasteiger partial charge is 0.191 e. The normalized spacial score (nSPS) is 11.5. The predicted octanol–water partition coefficient (Wildman–Crippen LogP) is 15.3. The number of imidazole rings is 1. The van der Waals surface area contributed by atoms with Crippen LogP contribution in [0.15, 0.2) is 225 Å². The molecule has 0 aliphatic rings. The first-order chi connectivity index (χ1) is 30.6. The molecule has 8 aromatic carbocycles. The fourth-order valence-electron chi connectivity index (χ4n) is 9.18. The summed E-state index contributed by atoms with van der Waals surface area (Å²) in [6, 6.07) is 76.5. The Morgan fingerprint density at radius 2 is 1.03 bits per heavy atom. The van der Waals surface area contributed by atoms with Crippen LogP contribution >= 0.6 is 0 Å². The second-order valence-corrected chi connectivity index (χ2v) is 16.1. The van der Waals surface area contributed by atoms with Crippen LogP contribution < -0.4 is 4.90 Å². The van der Waals surface area contributed by atoms with Crippen molar-refractivity contribution in [2.45, 2.75) is 19.9 Å². The van der Waals surface area contributed by atoms with Crippen molar-refractivity contribution in [3.05, 3.63) is 225 Å². The first-order valence-corrected chi connectivity index (χ1v) is 21.3. The van der Waals surface area contributed by atoms with E-state index in [1.807, 2.05) is 6.20 Å². The van der Waals surface area contributed by atoms with Crippen molar-refractivity contribution in [3.63, 3.8) is 0 Å². The molecule has 0 aliphatic heterocycles. The molecule has 0 spiro atoms. The van der Waals surface area contributed by atoms with Crippen LogP contribution in [0, 0.1) is 0 Å². The predicted molar refractivity (Wildman–Crippen MR) is 259 cm³/mol. The maximum Gasteiger partial charge on any atom is 0.191 e. The van der Waals surface area contributed by atoms with Crippen molar-refractivity contribution in [2.24, 2.45) is 0 Å². The van der Waals surface area contributed by atoms with Crippen LogP contribution in [0.25, 0.3) is 77.7 Å². The van der Waals surface area contributed by atoms with E-state index in [0.717, 1.165) is 45.2 Å². The standard InChI is InChI=1S/C57H44N5/c1-40(2)59-39-60(54-31-15-14-30-53(54)59)45-24-16-25-46(37-45)61(44-22-10-5-11-23-44)47-32-33-51-50-26-12-13-29-52(50)62(55(51)38-47)56-36-43(34-35-58-56)57-48(41-18-6-3-7-19-41)27-17-28-49(57)42-20-8-4-9-21-42/h3-40H,1-2H3/q+1. The van der Waals surface area contributed by atoms with Gasteiger partial charge in [0.15, 0.2) is 17.4 Å². The third-order valence-electron chi connectivity index (χ3n) is 12.0. The summed E-state index contributed by atoms with van der Waals surface area (Å²) in [5, 5.41) is 2.35. The molecule has 0 amide bonds. The highest BCUT2D eigenvalue weighted by Crippen LogP contribution is 2.43.